The fraction of sp³-hybridized carbons (Fsp3) is 0.750. The van der Waals surface area contributed by atoms with Gasteiger partial charge >= 0.3 is 0 Å². The second-order valence-electron chi connectivity index (χ2n) is 8.21. The molecule has 3 rings (SSSR count). The first kappa shape index (κ1) is 19.1. The maximum atomic E-state index is 12.8. The van der Waals surface area contributed by atoms with Crippen LogP contribution < -0.4 is 5.56 Å². The van der Waals surface area contributed by atoms with Gasteiger partial charge in [0.25, 0.3) is 5.56 Å². The quantitative estimate of drug-likeness (QED) is 0.894. The van der Waals surface area contributed by atoms with Crippen LogP contribution in [0.15, 0.2) is 10.9 Å². The number of nitrogens with zero attached hydrogens (tertiary/aromatic N) is 3. The van der Waals surface area contributed by atoms with E-state index in [1.165, 1.54) is 0 Å². The number of carbonyl (C=O) groups is 1. The summed E-state index contributed by atoms with van der Waals surface area (Å²) in [6.45, 7) is 10.0. The zero-order chi connectivity index (χ0) is 18.7. The van der Waals surface area contributed by atoms with Gasteiger partial charge in [-0.3, -0.25) is 9.59 Å². The molecule has 0 radical (unpaired) electrons. The molecule has 0 spiro atoms. The highest BCUT2D eigenvalue weighted by atomic mass is 16.2. The minimum atomic E-state index is -0.104. The topological polar surface area (TPSA) is 69.3 Å². The summed E-state index contributed by atoms with van der Waals surface area (Å²) in [5.74, 6) is 1.61. The standard InChI is InChI=1S/C20H32N4O2/c1-14(2)23-9-6-16(7-10-23)11-20(26)24-8-4-5-17(13-24)18-12-19(25)22-15(3)21-18/h12,14,16-17H,4-11,13H2,1-3H3,(H,21,22,25)/t17-/m1/s1. The third-order valence-corrected chi connectivity index (χ3v) is 5.91. The van der Waals surface area contributed by atoms with Crippen molar-refractivity contribution >= 4 is 5.91 Å². The SMILES string of the molecule is Cc1nc([C@@H]2CCCN(C(=O)CC3CCN(C(C)C)CC3)C2)cc(=O)[nH]1. The van der Waals surface area contributed by atoms with Crippen LogP contribution in [0.3, 0.4) is 0 Å². The van der Waals surface area contributed by atoms with Crippen LogP contribution in [-0.2, 0) is 4.79 Å². The van der Waals surface area contributed by atoms with Gasteiger partial charge in [0.1, 0.15) is 5.82 Å². The van der Waals surface area contributed by atoms with E-state index in [1.807, 2.05) is 4.90 Å². The van der Waals surface area contributed by atoms with E-state index >= 15 is 0 Å². The van der Waals surface area contributed by atoms with Gasteiger partial charge in [-0.15, -0.1) is 0 Å². The van der Waals surface area contributed by atoms with E-state index in [2.05, 4.69) is 28.7 Å². The molecule has 1 aromatic heterocycles. The molecule has 144 valence electrons. The molecule has 0 saturated carbocycles. The van der Waals surface area contributed by atoms with E-state index in [1.54, 1.807) is 13.0 Å². The number of piperidine rings is 2. The van der Waals surface area contributed by atoms with Crippen molar-refractivity contribution in [2.75, 3.05) is 26.2 Å². The minimum Gasteiger partial charge on any atom is -0.342 e. The molecular formula is C20H32N4O2. The highest BCUT2D eigenvalue weighted by molar-refractivity contribution is 5.76. The maximum absolute atomic E-state index is 12.8. The predicted molar refractivity (Wildman–Crippen MR) is 102 cm³/mol. The largest absolute Gasteiger partial charge is 0.342 e. The average Bonchev–Trinajstić information content (AvgIpc) is 2.61. The van der Waals surface area contributed by atoms with E-state index in [9.17, 15) is 9.59 Å². The van der Waals surface area contributed by atoms with Crippen LogP contribution in [0.5, 0.6) is 0 Å². The van der Waals surface area contributed by atoms with Gasteiger partial charge in [0.05, 0.1) is 5.69 Å². The lowest BCUT2D eigenvalue weighted by atomic mass is 9.90. The maximum Gasteiger partial charge on any atom is 0.251 e. The predicted octanol–water partition coefficient (Wildman–Crippen LogP) is 2.29. The Bertz CT molecular complexity index is 677. The fourth-order valence-corrected chi connectivity index (χ4v) is 4.31. The Balaban J connectivity index is 1.56. The Labute approximate surface area is 156 Å². The molecule has 0 unspecified atom stereocenters. The molecule has 1 N–H and O–H groups in total. The zero-order valence-electron chi connectivity index (χ0n) is 16.3. The Morgan fingerprint density at radius 2 is 2.00 bits per heavy atom. The van der Waals surface area contributed by atoms with Crippen molar-refractivity contribution in [1.29, 1.82) is 0 Å². The number of rotatable bonds is 4. The number of carbonyl (C=O) groups excluding carboxylic acids is 1. The molecule has 0 aliphatic carbocycles. The molecule has 0 bridgehead atoms. The summed E-state index contributed by atoms with van der Waals surface area (Å²) in [6.07, 6.45) is 4.88. The molecule has 6 nitrogen and oxygen atoms in total. The molecule has 0 aromatic carbocycles. The van der Waals surface area contributed by atoms with Gasteiger partial charge < -0.3 is 14.8 Å². The van der Waals surface area contributed by atoms with Crippen LogP contribution in [0.1, 0.15) is 63.4 Å². The summed E-state index contributed by atoms with van der Waals surface area (Å²) in [6, 6.07) is 2.19. The number of aromatic amines is 1. The van der Waals surface area contributed by atoms with Crippen LogP contribution in [0.4, 0.5) is 0 Å². The Morgan fingerprint density at radius 1 is 1.27 bits per heavy atom. The summed E-state index contributed by atoms with van der Waals surface area (Å²) in [4.78, 5) is 36.2. The Kier molecular flexibility index (Phi) is 6.12. The molecule has 2 aliphatic rings. The van der Waals surface area contributed by atoms with Crippen LogP contribution in [0, 0.1) is 12.8 Å². The van der Waals surface area contributed by atoms with Gasteiger partial charge in [0, 0.05) is 37.5 Å². The highest BCUT2D eigenvalue weighted by Crippen LogP contribution is 2.27. The van der Waals surface area contributed by atoms with Crippen LogP contribution in [0.25, 0.3) is 0 Å². The zero-order valence-corrected chi connectivity index (χ0v) is 16.3. The van der Waals surface area contributed by atoms with E-state index in [-0.39, 0.29) is 17.4 Å². The van der Waals surface area contributed by atoms with Gasteiger partial charge in [-0.05, 0) is 65.5 Å². The van der Waals surface area contributed by atoms with Crippen molar-refractivity contribution in [3.8, 4) is 0 Å². The van der Waals surface area contributed by atoms with Crippen molar-refractivity contribution < 1.29 is 4.79 Å². The smallest absolute Gasteiger partial charge is 0.251 e. The van der Waals surface area contributed by atoms with Gasteiger partial charge in [0.15, 0.2) is 0 Å². The molecule has 3 heterocycles. The number of aromatic nitrogens is 2. The second-order valence-corrected chi connectivity index (χ2v) is 8.21. The summed E-state index contributed by atoms with van der Waals surface area (Å²) in [5.41, 5.74) is 0.724. The number of hydrogen-bond acceptors (Lipinski definition) is 4. The third-order valence-electron chi connectivity index (χ3n) is 5.91. The van der Waals surface area contributed by atoms with Gasteiger partial charge in [-0.1, -0.05) is 0 Å². The first-order chi connectivity index (χ1) is 12.4. The molecule has 26 heavy (non-hydrogen) atoms. The van der Waals surface area contributed by atoms with Crippen molar-refractivity contribution in [3.05, 3.63) is 27.9 Å². The highest BCUT2D eigenvalue weighted by Gasteiger charge is 2.29. The number of nitrogens with one attached hydrogen (secondary N) is 1. The monoisotopic (exact) mass is 360 g/mol. The number of hydrogen-bond donors (Lipinski definition) is 1. The van der Waals surface area contributed by atoms with E-state index < -0.39 is 0 Å². The fourth-order valence-electron chi connectivity index (χ4n) is 4.31. The first-order valence-corrected chi connectivity index (χ1v) is 10.0. The number of H-pyrrole nitrogens is 1. The van der Waals surface area contributed by atoms with E-state index in [0.29, 0.717) is 30.7 Å². The lowest BCUT2D eigenvalue weighted by Gasteiger charge is -2.36. The summed E-state index contributed by atoms with van der Waals surface area (Å²) in [5, 5.41) is 0. The number of amides is 1. The molecular weight excluding hydrogens is 328 g/mol. The first-order valence-electron chi connectivity index (χ1n) is 10.0. The Morgan fingerprint density at radius 3 is 2.65 bits per heavy atom. The second kappa shape index (κ2) is 8.33. The van der Waals surface area contributed by atoms with Crippen molar-refractivity contribution in [3.63, 3.8) is 0 Å². The van der Waals surface area contributed by atoms with Crippen LogP contribution in [0.2, 0.25) is 0 Å². The molecule has 2 fully saturated rings. The molecule has 1 aromatic rings. The summed E-state index contributed by atoms with van der Waals surface area (Å²) < 4.78 is 0. The van der Waals surface area contributed by atoms with Crippen LogP contribution in [-0.4, -0.2) is 57.9 Å². The molecule has 2 aliphatic heterocycles. The van der Waals surface area contributed by atoms with Crippen molar-refractivity contribution in [2.24, 2.45) is 5.92 Å². The Hall–Kier alpha value is -1.69. The van der Waals surface area contributed by atoms with Crippen molar-refractivity contribution in [1.82, 2.24) is 19.8 Å². The van der Waals surface area contributed by atoms with E-state index in [0.717, 1.165) is 51.0 Å². The summed E-state index contributed by atoms with van der Waals surface area (Å²) in [7, 11) is 0. The van der Waals surface area contributed by atoms with Gasteiger partial charge in [-0.25, -0.2) is 4.98 Å². The van der Waals surface area contributed by atoms with E-state index in [4.69, 9.17) is 0 Å². The number of likely N-dealkylation sites (tertiary alicyclic amines) is 2. The molecule has 6 heteroatoms. The lowest BCUT2D eigenvalue weighted by Crippen LogP contribution is -2.42. The number of aryl methyl sites for hydroxylation is 1. The average molecular weight is 361 g/mol. The third kappa shape index (κ3) is 4.72. The van der Waals surface area contributed by atoms with Crippen molar-refractivity contribution in [2.45, 2.75) is 64.8 Å². The van der Waals surface area contributed by atoms with Gasteiger partial charge in [0.2, 0.25) is 5.91 Å². The minimum absolute atomic E-state index is 0.104. The molecule has 2 saturated heterocycles. The molecule has 1 amide bonds. The normalized spacial score (nSPS) is 22.8. The molecule has 1 atom stereocenters. The summed E-state index contributed by atoms with van der Waals surface area (Å²) >= 11 is 0. The van der Waals surface area contributed by atoms with Crippen LogP contribution >= 0.6 is 0 Å². The van der Waals surface area contributed by atoms with Gasteiger partial charge in [-0.2, -0.15) is 0 Å². The lowest BCUT2D eigenvalue weighted by molar-refractivity contribution is -0.133.